The average molecular weight is 186 g/mol. The minimum atomic E-state index is 0.952. The van der Waals surface area contributed by atoms with Crippen molar-refractivity contribution in [1.29, 1.82) is 0 Å². The molecule has 3 heteroatoms. The first-order chi connectivity index (χ1) is 5.91. The van der Waals surface area contributed by atoms with Crippen LogP contribution in [0.15, 0.2) is 22.9 Å². The van der Waals surface area contributed by atoms with E-state index in [2.05, 4.69) is 12.3 Å². The molecule has 1 aromatic rings. The molecule has 0 amide bonds. The number of hydrazine groups is 1. The van der Waals surface area contributed by atoms with Crippen molar-refractivity contribution < 1.29 is 0 Å². The standard InChI is InChI=1S/C5H14N2.C4H4S/c1-2-3-4-5-7-6;1-2-4-5-3-1/h7H,2-6H2,1H3;1-4H. The van der Waals surface area contributed by atoms with E-state index in [1.165, 1.54) is 19.3 Å². The Morgan fingerprint density at radius 1 is 1.25 bits per heavy atom. The Bertz CT molecular complexity index is 119. The monoisotopic (exact) mass is 186 g/mol. The normalized spacial score (nSPS) is 8.83. The van der Waals surface area contributed by atoms with Gasteiger partial charge in [-0.25, -0.2) is 0 Å². The second kappa shape index (κ2) is 10.6. The summed E-state index contributed by atoms with van der Waals surface area (Å²) in [6, 6.07) is 4.04. The summed E-state index contributed by atoms with van der Waals surface area (Å²) < 4.78 is 0. The van der Waals surface area contributed by atoms with Gasteiger partial charge in [0.25, 0.3) is 0 Å². The lowest BCUT2D eigenvalue weighted by Crippen LogP contribution is -2.22. The smallest absolute Gasteiger partial charge is 0.00974 e. The maximum atomic E-state index is 5.02. The fraction of sp³-hybridized carbons (Fsp3) is 0.556. The Morgan fingerprint density at radius 2 is 1.92 bits per heavy atom. The van der Waals surface area contributed by atoms with E-state index in [1.807, 2.05) is 22.9 Å². The van der Waals surface area contributed by atoms with Crippen LogP contribution in [0.4, 0.5) is 0 Å². The van der Waals surface area contributed by atoms with Crippen LogP contribution in [0.5, 0.6) is 0 Å². The topological polar surface area (TPSA) is 38.0 Å². The molecule has 2 nitrogen and oxygen atoms in total. The average Bonchev–Trinajstić information content (AvgIpc) is 2.62. The third-order valence-corrected chi connectivity index (χ3v) is 1.98. The van der Waals surface area contributed by atoms with Gasteiger partial charge in [-0.2, -0.15) is 11.3 Å². The predicted molar refractivity (Wildman–Crippen MR) is 56.0 cm³/mol. The molecule has 0 spiro atoms. The van der Waals surface area contributed by atoms with Gasteiger partial charge in [-0.05, 0) is 17.2 Å². The molecule has 3 N–H and O–H groups in total. The molecular weight excluding hydrogens is 168 g/mol. The molecule has 0 aliphatic rings. The molecule has 0 aromatic carbocycles. The largest absolute Gasteiger partial charge is 0.271 e. The fourth-order valence-corrected chi connectivity index (χ4v) is 1.16. The van der Waals surface area contributed by atoms with E-state index in [0.717, 1.165) is 6.54 Å². The Hall–Kier alpha value is -0.380. The van der Waals surface area contributed by atoms with E-state index in [9.17, 15) is 0 Å². The van der Waals surface area contributed by atoms with Crippen LogP contribution >= 0.6 is 11.3 Å². The van der Waals surface area contributed by atoms with Crippen molar-refractivity contribution in [3.05, 3.63) is 22.9 Å². The van der Waals surface area contributed by atoms with Crippen LogP contribution in [-0.4, -0.2) is 6.54 Å². The van der Waals surface area contributed by atoms with E-state index < -0.39 is 0 Å². The fourth-order valence-electron chi connectivity index (χ4n) is 0.704. The molecule has 70 valence electrons. The lowest BCUT2D eigenvalue weighted by molar-refractivity contribution is 0.637. The molecule has 0 unspecified atom stereocenters. The van der Waals surface area contributed by atoms with Gasteiger partial charge < -0.3 is 0 Å². The highest BCUT2D eigenvalue weighted by Crippen LogP contribution is 1.91. The first-order valence-electron chi connectivity index (χ1n) is 4.32. The molecule has 0 saturated carbocycles. The Kier molecular flexibility index (Phi) is 10.3. The highest BCUT2D eigenvalue weighted by atomic mass is 32.1. The zero-order valence-corrected chi connectivity index (χ0v) is 8.44. The predicted octanol–water partition coefficient (Wildman–Crippen LogP) is 2.39. The third-order valence-electron chi connectivity index (χ3n) is 1.35. The van der Waals surface area contributed by atoms with E-state index in [4.69, 9.17) is 5.84 Å². The highest BCUT2D eigenvalue weighted by Gasteiger charge is 1.79. The lowest BCUT2D eigenvalue weighted by atomic mass is 10.3. The number of hydrogen-bond acceptors (Lipinski definition) is 3. The molecule has 1 rings (SSSR count). The maximum absolute atomic E-state index is 5.02. The number of nitrogens with one attached hydrogen (secondary N) is 1. The summed E-state index contributed by atoms with van der Waals surface area (Å²) in [5.74, 6) is 5.02. The SMILES string of the molecule is CCCCCNN.c1ccsc1. The Labute approximate surface area is 78.8 Å². The molecule has 0 aliphatic carbocycles. The molecule has 1 heterocycles. The third kappa shape index (κ3) is 9.62. The van der Waals surface area contributed by atoms with Gasteiger partial charge in [0, 0.05) is 6.54 Å². The van der Waals surface area contributed by atoms with Gasteiger partial charge in [0.1, 0.15) is 0 Å². The summed E-state index contributed by atoms with van der Waals surface area (Å²) in [7, 11) is 0. The molecular formula is C9H18N2S. The second-order valence-electron chi connectivity index (χ2n) is 2.45. The zero-order chi connectivity index (χ0) is 9.07. The second-order valence-corrected chi connectivity index (χ2v) is 3.27. The quantitative estimate of drug-likeness (QED) is 0.430. The molecule has 1 aromatic heterocycles. The number of rotatable bonds is 4. The number of hydrogen-bond donors (Lipinski definition) is 2. The van der Waals surface area contributed by atoms with Gasteiger partial charge >= 0.3 is 0 Å². The molecule has 0 radical (unpaired) electrons. The minimum Gasteiger partial charge on any atom is -0.271 e. The number of thiophene rings is 1. The minimum absolute atomic E-state index is 0.952. The van der Waals surface area contributed by atoms with E-state index in [0.29, 0.717) is 0 Å². The summed E-state index contributed by atoms with van der Waals surface area (Å²) in [6.45, 7) is 3.13. The number of unbranched alkanes of at least 4 members (excludes halogenated alkanes) is 2. The van der Waals surface area contributed by atoms with Gasteiger partial charge in [0.2, 0.25) is 0 Å². The molecule has 0 fully saturated rings. The Balaban J connectivity index is 0.000000211. The molecule has 12 heavy (non-hydrogen) atoms. The lowest BCUT2D eigenvalue weighted by Gasteiger charge is -1.93. The van der Waals surface area contributed by atoms with Crippen molar-refractivity contribution in [3.8, 4) is 0 Å². The number of nitrogens with two attached hydrogens (primary N) is 1. The Morgan fingerprint density at radius 3 is 2.25 bits per heavy atom. The molecule has 0 saturated heterocycles. The first-order valence-corrected chi connectivity index (χ1v) is 5.26. The molecule has 0 atom stereocenters. The first kappa shape index (κ1) is 11.6. The summed E-state index contributed by atoms with van der Waals surface area (Å²) in [5.41, 5.74) is 2.60. The van der Waals surface area contributed by atoms with Crippen LogP contribution in [0.2, 0.25) is 0 Å². The summed E-state index contributed by atoms with van der Waals surface area (Å²) in [6.07, 6.45) is 3.75. The van der Waals surface area contributed by atoms with Gasteiger partial charge in [0.15, 0.2) is 0 Å². The molecule has 0 bridgehead atoms. The zero-order valence-electron chi connectivity index (χ0n) is 7.62. The maximum Gasteiger partial charge on any atom is 0.00974 e. The van der Waals surface area contributed by atoms with Crippen molar-refractivity contribution in [2.75, 3.05) is 6.54 Å². The van der Waals surface area contributed by atoms with Crippen LogP contribution in [0.25, 0.3) is 0 Å². The van der Waals surface area contributed by atoms with Crippen LogP contribution in [0.1, 0.15) is 26.2 Å². The van der Waals surface area contributed by atoms with Crippen molar-refractivity contribution >= 4 is 11.3 Å². The van der Waals surface area contributed by atoms with Crippen LogP contribution in [0, 0.1) is 0 Å². The van der Waals surface area contributed by atoms with Gasteiger partial charge in [-0.1, -0.05) is 31.9 Å². The van der Waals surface area contributed by atoms with Gasteiger partial charge in [0.05, 0.1) is 0 Å². The highest BCUT2D eigenvalue weighted by molar-refractivity contribution is 7.07. The van der Waals surface area contributed by atoms with E-state index in [1.54, 1.807) is 11.3 Å². The van der Waals surface area contributed by atoms with Crippen molar-refractivity contribution in [2.24, 2.45) is 5.84 Å². The van der Waals surface area contributed by atoms with Crippen molar-refractivity contribution in [3.63, 3.8) is 0 Å². The van der Waals surface area contributed by atoms with Crippen molar-refractivity contribution in [1.82, 2.24) is 5.43 Å². The van der Waals surface area contributed by atoms with Gasteiger partial charge in [-0.15, -0.1) is 0 Å². The summed E-state index contributed by atoms with van der Waals surface area (Å²) >= 11 is 1.71. The van der Waals surface area contributed by atoms with E-state index in [-0.39, 0.29) is 0 Å². The van der Waals surface area contributed by atoms with Crippen LogP contribution in [0.3, 0.4) is 0 Å². The van der Waals surface area contributed by atoms with Crippen LogP contribution in [-0.2, 0) is 0 Å². The van der Waals surface area contributed by atoms with Gasteiger partial charge in [-0.3, -0.25) is 11.3 Å². The summed E-state index contributed by atoms with van der Waals surface area (Å²) in [5, 5.41) is 4.08. The summed E-state index contributed by atoms with van der Waals surface area (Å²) in [4.78, 5) is 0. The van der Waals surface area contributed by atoms with Crippen molar-refractivity contribution in [2.45, 2.75) is 26.2 Å². The van der Waals surface area contributed by atoms with E-state index >= 15 is 0 Å². The molecule has 0 aliphatic heterocycles. The van der Waals surface area contributed by atoms with Crippen LogP contribution < -0.4 is 11.3 Å².